The van der Waals surface area contributed by atoms with Crippen molar-refractivity contribution < 1.29 is 15.0 Å². The molecule has 3 aromatic rings. The molecule has 0 amide bonds. The van der Waals surface area contributed by atoms with Crippen molar-refractivity contribution in [3.8, 4) is 5.75 Å². The first kappa shape index (κ1) is 29.0. The van der Waals surface area contributed by atoms with E-state index < -0.39 is 5.97 Å². The van der Waals surface area contributed by atoms with Crippen molar-refractivity contribution in [1.29, 1.82) is 0 Å². The number of benzene rings is 3. The highest BCUT2D eigenvalue weighted by Crippen LogP contribution is 2.50. The Kier molecular flexibility index (Phi) is 9.09. The summed E-state index contributed by atoms with van der Waals surface area (Å²) in [5.74, 6) is -0.636. The Morgan fingerprint density at radius 1 is 0.921 bits per heavy atom. The third-order valence-corrected chi connectivity index (χ3v) is 7.49. The fourth-order valence-electron chi connectivity index (χ4n) is 5.72. The molecule has 3 aromatic carbocycles. The average Bonchev–Trinajstić information content (AvgIpc) is 3.04. The standard InChI is InChI=1S/C28H36O2.C6H7NO/c1-7-8-9-10-22-16-24-25(28(5,6)18-27(24,3)4)17-23(22)19(2)15-20-11-13-21(14-12-20)26(29)30;7-5-1-3-6(8)4-2-5/h11-17H,7-10,18H2,1-6H3,(H,29,30);1-4,8H,7H2. The summed E-state index contributed by atoms with van der Waals surface area (Å²) >= 11 is 0. The number of phenols is 1. The number of anilines is 1. The fourth-order valence-corrected chi connectivity index (χ4v) is 5.72. The van der Waals surface area contributed by atoms with Crippen LogP contribution in [0, 0.1) is 0 Å². The van der Waals surface area contributed by atoms with Crippen LogP contribution in [0.5, 0.6) is 5.75 Å². The number of carboxylic acids is 1. The molecule has 4 nitrogen and oxygen atoms in total. The van der Waals surface area contributed by atoms with Crippen LogP contribution in [0.3, 0.4) is 0 Å². The zero-order valence-electron chi connectivity index (χ0n) is 23.8. The second-order valence-corrected chi connectivity index (χ2v) is 11.8. The van der Waals surface area contributed by atoms with Crippen LogP contribution in [0.15, 0.2) is 60.7 Å². The molecule has 0 unspecified atom stereocenters. The number of hydrogen-bond acceptors (Lipinski definition) is 3. The molecular weight excluding hydrogens is 470 g/mol. The Morgan fingerprint density at radius 3 is 2.03 bits per heavy atom. The van der Waals surface area contributed by atoms with Crippen LogP contribution in [-0.4, -0.2) is 16.2 Å². The summed E-state index contributed by atoms with van der Waals surface area (Å²) in [7, 11) is 0. The number of aryl methyl sites for hydroxylation is 1. The molecule has 0 aromatic heterocycles. The number of carbonyl (C=O) groups is 1. The molecule has 0 saturated carbocycles. The van der Waals surface area contributed by atoms with Gasteiger partial charge in [0.2, 0.25) is 0 Å². The van der Waals surface area contributed by atoms with E-state index in [1.807, 2.05) is 12.1 Å². The minimum atomic E-state index is -0.885. The van der Waals surface area contributed by atoms with Gasteiger partial charge < -0.3 is 15.9 Å². The molecule has 0 bridgehead atoms. The first-order valence-electron chi connectivity index (χ1n) is 13.6. The van der Waals surface area contributed by atoms with E-state index in [0.717, 1.165) is 12.0 Å². The molecule has 202 valence electrons. The largest absolute Gasteiger partial charge is 0.508 e. The summed E-state index contributed by atoms with van der Waals surface area (Å²) in [6, 6.07) is 18.5. The molecule has 4 rings (SSSR count). The number of aromatic carboxylic acids is 1. The molecular formula is C34H43NO3. The highest BCUT2D eigenvalue weighted by Gasteiger charge is 2.42. The first-order chi connectivity index (χ1) is 17.8. The summed E-state index contributed by atoms with van der Waals surface area (Å²) in [5.41, 5.74) is 14.8. The van der Waals surface area contributed by atoms with Gasteiger partial charge in [0.15, 0.2) is 0 Å². The quantitative estimate of drug-likeness (QED) is 0.128. The van der Waals surface area contributed by atoms with Crippen molar-refractivity contribution in [2.45, 2.75) is 84.5 Å². The van der Waals surface area contributed by atoms with Crippen molar-refractivity contribution in [3.63, 3.8) is 0 Å². The monoisotopic (exact) mass is 513 g/mol. The average molecular weight is 514 g/mol. The van der Waals surface area contributed by atoms with E-state index in [0.29, 0.717) is 11.3 Å². The molecule has 4 heteroatoms. The minimum Gasteiger partial charge on any atom is -0.508 e. The fraction of sp³-hybridized carbons (Fsp3) is 0.382. The summed E-state index contributed by atoms with van der Waals surface area (Å²) in [6.45, 7) is 13.9. The Morgan fingerprint density at radius 2 is 1.50 bits per heavy atom. The maximum Gasteiger partial charge on any atom is 0.335 e. The maximum absolute atomic E-state index is 11.1. The number of allylic oxidation sites excluding steroid dienone is 1. The van der Waals surface area contributed by atoms with Crippen LogP contribution < -0.4 is 5.73 Å². The lowest BCUT2D eigenvalue weighted by atomic mass is 9.82. The van der Waals surface area contributed by atoms with Crippen LogP contribution >= 0.6 is 0 Å². The Hall–Kier alpha value is -3.53. The smallest absolute Gasteiger partial charge is 0.335 e. The van der Waals surface area contributed by atoms with Gasteiger partial charge in [-0.2, -0.15) is 0 Å². The predicted octanol–water partition coefficient (Wildman–Crippen LogP) is 8.61. The van der Waals surface area contributed by atoms with Gasteiger partial charge >= 0.3 is 5.97 Å². The first-order valence-corrected chi connectivity index (χ1v) is 13.6. The van der Waals surface area contributed by atoms with Crippen molar-refractivity contribution >= 4 is 23.3 Å². The highest BCUT2D eigenvalue weighted by molar-refractivity contribution is 5.88. The van der Waals surface area contributed by atoms with E-state index in [9.17, 15) is 4.79 Å². The van der Waals surface area contributed by atoms with Crippen LogP contribution in [0.4, 0.5) is 5.69 Å². The molecule has 1 aliphatic carbocycles. The van der Waals surface area contributed by atoms with E-state index >= 15 is 0 Å². The van der Waals surface area contributed by atoms with Crippen molar-refractivity contribution in [2.75, 3.05) is 5.73 Å². The Bertz CT molecular complexity index is 1260. The van der Waals surface area contributed by atoms with Gasteiger partial charge in [0.25, 0.3) is 0 Å². The number of nitrogen functional groups attached to an aromatic ring is 1. The molecule has 38 heavy (non-hydrogen) atoms. The van der Waals surface area contributed by atoms with Crippen LogP contribution in [-0.2, 0) is 17.3 Å². The molecule has 1 aliphatic rings. The van der Waals surface area contributed by atoms with E-state index in [1.165, 1.54) is 53.5 Å². The normalized spacial score (nSPS) is 15.4. The number of unbranched alkanes of at least 4 members (excludes halogenated alkanes) is 2. The molecule has 0 saturated heterocycles. The van der Waals surface area contributed by atoms with Gasteiger partial charge in [0, 0.05) is 5.69 Å². The van der Waals surface area contributed by atoms with Gasteiger partial charge in [0.05, 0.1) is 5.56 Å². The topological polar surface area (TPSA) is 83.5 Å². The number of hydrogen-bond donors (Lipinski definition) is 3. The zero-order valence-corrected chi connectivity index (χ0v) is 23.8. The Balaban J connectivity index is 0.000000427. The Labute approximate surface area is 228 Å². The van der Waals surface area contributed by atoms with Crippen LogP contribution in [0.1, 0.15) is 105 Å². The lowest BCUT2D eigenvalue weighted by Crippen LogP contribution is -2.18. The predicted molar refractivity (Wildman–Crippen MR) is 160 cm³/mol. The second-order valence-electron chi connectivity index (χ2n) is 11.8. The van der Waals surface area contributed by atoms with Crippen LogP contribution in [0.2, 0.25) is 0 Å². The summed E-state index contributed by atoms with van der Waals surface area (Å²) < 4.78 is 0. The lowest BCUT2D eigenvalue weighted by molar-refractivity contribution is 0.0697. The molecule has 0 heterocycles. The van der Waals surface area contributed by atoms with Gasteiger partial charge in [0.1, 0.15) is 5.75 Å². The van der Waals surface area contributed by atoms with Crippen LogP contribution in [0.25, 0.3) is 11.6 Å². The summed E-state index contributed by atoms with van der Waals surface area (Å²) in [5, 5.41) is 17.8. The molecule has 0 atom stereocenters. The van der Waals surface area contributed by atoms with Gasteiger partial charge in [-0.25, -0.2) is 4.79 Å². The second kappa shape index (κ2) is 11.9. The molecule has 0 radical (unpaired) electrons. The number of aromatic hydroxyl groups is 1. The SMILES string of the molecule is CCCCCc1cc2c(cc1C(C)=Cc1ccc(C(=O)O)cc1)C(C)(C)CC2(C)C.Nc1ccc(O)cc1. The molecule has 0 aliphatic heterocycles. The maximum atomic E-state index is 11.1. The zero-order chi connectivity index (χ0) is 28.1. The number of carboxylic acid groups (broad SMARTS) is 1. The van der Waals surface area contributed by atoms with E-state index in [1.54, 1.807) is 36.4 Å². The van der Waals surface area contributed by atoms with Gasteiger partial charge in [-0.1, -0.05) is 77.8 Å². The third kappa shape index (κ3) is 7.06. The number of rotatable bonds is 7. The summed E-state index contributed by atoms with van der Waals surface area (Å²) in [6.07, 6.45) is 8.16. The van der Waals surface area contributed by atoms with Crippen molar-refractivity contribution in [2.24, 2.45) is 0 Å². The molecule has 0 fully saturated rings. The minimum absolute atomic E-state index is 0.180. The molecule has 4 N–H and O–H groups in total. The highest BCUT2D eigenvalue weighted by atomic mass is 16.4. The van der Waals surface area contributed by atoms with Gasteiger partial charge in [-0.3, -0.25) is 0 Å². The molecule has 0 spiro atoms. The van der Waals surface area contributed by atoms with E-state index in [4.69, 9.17) is 15.9 Å². The third-order valence-electron chi connectivity index (χ3n) is 7.49. The van der Waals surface area contributed by atoms with Crippen molar-refractivity contribution in [3.05, 3.63) is 94.0 Å². The number of phenolic OH excluding ortho intramolecular Hbond substituents is 1. The van der Waals surface area contributed by atoms with E-state index in [-0.39, 0.29) is 16.6 Å². The van der Waals surface area contributed by atoms with Gasteiger partial charge in [-0.15, -0.1) is 0 Å². The van der Waals surface area contributed by atoms with Gasteiger partial charge in [-0.05, 0) is 107 Å². The lowest BCUT2D eigenvalue weighted by Gasteiger charge is -2.22. The number of fused-ring (bicyclic) bond motifs is 1. The summed E-state index contributed by atoms with van der Waals surface area (Å²) in [4.78, 5) is 11.1. The van der Waals surface area contributed by atoms with Crippen molar-refractivity contribution in [1.82, 2.24) is 0 Å². The number of nitrogens with two attached hydrogens (primary N) is 1. The van der Waals surface area contributed by atoms with E-state index in [2.05, 4.69) is 59.8 Å².